The fourth-order valence-electron chi connectivity index (χ4n) is 2.68. The van der Waals surface area contributed by atoms with Crippen LogP contribution >= 0.6 is 11.6 Å². The third kappa shape index (κ3) is 3.65. The number of nitrogens with one attached hydrogen (secondary N) is 1. The molecule has 3 N–H and O–H groups in total. The third-order valence-corrected chi connectivity index (χ3v) is 4.24. The van der Waals surface area contributed by atoms with E-state index in [-0.39, 0.29) is 17.7 Å². The van der Waals surface area contributed by atoms with E-state index < -0.39 is 0 Å². The van der Waals surface area contributed by atoms with Gasteiger partial charge in [-0.3, -0.25) is 9.59 Å². The molecule has 1 saturated heterocycles. The Kier molecular flexibility index (Phi) is 4.66. The first-order chi connectivity index (χ1) is 11.5. The third-order valence-electron chi connectivity index (χ3n) is 4.01. The van der Waals surface area contributed by atoms with E-state index >= 15 is 0 Å². The van der Waals surface area contributed by atoms with Crippen molar-refractivity contribution < 1.29 is 9.59 Å². The second kappa shape index (κ2) is 6.88. The van der Waals surface area contributed by atoms with Gasteiger partial charge in [-0.2, -0.15) is 0 Å². The van der Waals surface area contributed by atoms with Crippen LogP contribution in [0.25, 0.3) is 0 Å². The van der Waals surface area contributed by atoms with E-state index in [0.29, 0.717) is 22.8 Å². The summed E-state index contributed by atoms with van der Waals surface area (Å²) in [5, 5.41) is 3.33. The van der Waals surface area contributed by atoms with E-state index in [4.69, 9.17) is 17.3 Å². The molecular formula is C17H17ClN4O2. The molecule has 1 aliphatic heterocycles. The molecule has 0 spiro atoms. The predicted octanol–water partition coefficient (Wildman–Crippen LogP) is 2.30. The molecule has 2 heterocycles. The molecule has 1 aliphatic rings. The Bertz CT molecular complexity index is 763. The molecule has 1 aromatic carbocycles. The minimum absolute atomic E-state index is 0.141. The van der Waals surface area contributed by atoms with Crippen LogP contribution in [0.1, 0.15) is 16.8 Å². The maximum atomic E-state index is 12.2. The van der Waals surface area contributed by atoms with Crippen LogP contribution in [0.3, 0.4) is 0 Å². The topological polar surface area (TPSA) is 88.3 Å². The van der Waals surface area contributed by atoms with E-state index in [1.807, 2.05) is 4.90 Å². The Morgan fingerprint density at radius 1 is 1.29 bits per heavy atom. The number of aromatic nitrogens is 1. The molecule has 7 heteroatoms. The summed E-state index contributed by atoms with van der Waals surface area (Å²) in [5.41, 5.74) is 6.41. The Morgan fingerprint density at radius 3 is 2.75 bits per heavy atom. The van der Waals surface area contributed by atoms with Crippen molar-refractivity contribution in [2.75, 3.05) is 23.3 Å². The summed E-state index contributed by atoms with van der Waals surface area (Å²) < 4.78 is 0. The number of pyridine rings is 1. The van der Waals surface area contributed by atoms with Crippen LogP contribution in [-0.4, -0.2) is 29.9 Å². The number of benzene rings is 1. The normalized spacial score (nSPS) is 16.9. The van der Waals surface area contributed by atoms with Gasteiger partial charge in [-0.05, 0) is 36.8 Å². The van der Waals surface area contributed by atoms with Crippen LogP contribution in [0, 0.1) is 5.92 Å². The fraction of sp³-hybridized carbons (Fsp3) is 0.235. The van der Waals surface area contributed by atoms with Crippen molar-refractivity contribution in [1.29, 1.82) is 0 Å². The van der Waals surface area contributed by atoms with Crippen LogP contribution in [0.2, 0.25) is 5.02 Å². The molecule has 0 unspecified atom stereocenters. The number of hydrogen-bond acceptors (Lipinski definition) is 4. The smallest absolute Gasteiger partial charge is 0.257 e. The highest BCUT2D eigenvalue weighted by molar-refractivity contribution is 6.30. The van der Waals surface area contributed by atoms with Crippen molar-refractivity contribution in [2.45, 2.75) is 6.42 Å². The van der Waals surface area contributed by atoms with Crippen molar-refractivity contribution in [3.8, 4) is 0 Å². The quantitative estimate of drug-likeness (QED) is 0.890. The number of carbonyl (C=O) groups is 2. The average Bonchev–Trinajstić information content (AvgIpc) is 3.05. The van der Waals surface area contributed by atoms with Gasteiger partial charge in [0.2, 0.25) is 5.91 Å². The molecule has 6 nitrogen and oxygen atoms in total. The van der Waals surface area contributed by atoms with Gasteiger partial charge < -0.3 is 16.0 Å². The lowest BCUT2D eigenvalue weighted by atomic mass is 10.1. The summed E-state index contributed by atoms with van der Waals surface area (Å²) >= 11 is 5.90. The monoisotopic (exact) mass is 344 g/mol. The summed E-state index contributed by atoms with van der Waals surface area (Å²) in [6.07, 6.45) is 2.25. The van der Waals surface area contributed by atoms with Crippen molar-refractivity contribution in [3.05, 3.63) is 53.2 Å². The molecule has 1 atom stereocenters. The van der Waals surface area contributed by atoms with Gasteiger partial charge in [-0.15, -0.1) is 0 Å². The van der Waals surface area contributed by atoms with Crippen LogP contribution < -0.4 is 16.0 Å². The second-order valence-corrected chi connectivity index (χ2v) is 6.14. The zero-order valence-electron chi connectivity index (χ0n) is 12.9. The number of carbonyl (C=O) groups excluding carboxylic acids is 2. The van der Waals surface area contributed by atoms with Crippen molar-refractivity contribution >= 4 is 34.9 Å². The molecule has 2 aromatic rings. The number of nitrogens with two attached hydrogens (primary N) is 1. The zero-order chi connectivity index (χ0) is 17.1. The number of halogens is 1. The molecule has 1 fully saturated rings. The number of primary amides is 1. The van der Waals surface area contributed by atoms with Gasteiger partial charge in [-0.1, -0.05) is 17.7 Å². The molecular weight excluding hydrogens is 328 g/mol. The molecule has 24 heavy (non-hydrogen) atoms. The lowest BCUT2D eigenvalue weighted by Crippen LogP contribution is -2.27. The summed E-state index contributed by atoms with van der Waals surface area (Å²) in [4.78, 5) is 29.8. The van der Waals surface area contributed by atoms with Crippen LogP contribution in [0.5, 0.6) is 0 Å². The highest BCUT2D eigenvalue weighted by atomic mass is 35.5. The Labute approximate surface area is 144 Å². The fourth-order valence-corrected chi connectivity index (χ4v) is 2.87. The highest BCUT2D eigenvalue weighted by Crippen LogP contribution is 2.22. The van der Waals surface area contributed by atoms with Crippen molar-refractivity contribution in [3.63, 3.8) is 0 Å². The first kappa shape index (κ1) is 16.3. The van der Waals surface area contributed by atoms with Crippen molar-refractivity contribution in [1.82, 2.24) is 4.98 Å². The largest absolute Gasteiger partial charge is 0.369 e. The second-order valence-electron chi connectivity index (χ2n) is 5.70. The molecule has 0 radical (unpaired) electrons. The molecule has 124 valence electrons. The summed E-state index contributed by atoms with van der Waals surface area (Å²) in [7, 11) is 0. The summed E-state index contributed by atoms with van der Waals surface area (Å²) in [5.74, 6) is 0.0541. The Morgan fingerprint density at radius 2 is 2.12 bits per heavy atom. The van der Waals surface area contributed by atoms with Crippen molar-refractivity contribution in [2.24, 2.45) is 11.7 Å². The van der Waals surface area contributed by atoms with Crippen LogP contribution in [-0.2, 0) is 4.79 Å². The lowest BCUT2D eigenvalue weighted by Gasteiger charge is -2.17. The zero-order valence-corrected chi connectivity index (χ0v) is 13.7. The number of anilines is 2. The standard InChI is InChI=1S/C17H17ClN4O2/c18-13-2-1-3-14(8-13)21-17(24)11-4-5-15(20-9-11)22-7-6-12(10-22)16(19)23/h1-5,8-9,12H,6-7,10H2,(H2,19,23)(H,21,24)/t12-/m1/s1. The van der Waals surface area contributed by atoms with Gasteiger partial charge in [0, 0.05) is 30.0 Å². The molecule has 2 amide bonds. The lowest BCUT2D eigenvalue weighted by molar-refractivity contribution is -0.121. The SMILES string of the molecule is NC(=O)[C@@H]1CCN(c2ccc(C(=O)Nc3cccc(Cl)c3)cn2)C1. The van der Waals surface area contributed by atoms with E-state index in [9.17, 15) is 9.59 Å². The molecule has 0 saturated carbocycles. The van der Waals surface area contributed by atoms with Gasteiger partial charge in [-0.25, -0.2) is 4.98 Å². The van der Waals surface area contributed by atoms with Gasteiger partial charge in [0.1, 0.15) is 5.82 Å². The van der Waals surface area contributed by atoms with E-state index in [1.54, 1.807) is 36.4 Å². The summed E-state index contributed by atoms with van der Waals surface area (Å²) in [6.45, 7) is 1.30. The van der Waals surface area contributed by atoms with Gasteiger partial charge in [0.15, 0.2) is 0 Å². The number of nitrogens with zero attached hydrogens (tertiary/aromatic N) is 2. The molecule has 3 rings (SSSR count). The van der Waals surface area contributed by atoms with E-state index in [1.165, 1.54) is 6.20 Å². The minimum atomic E-state index is -0.282. The highest BCUT2D eigenvalue weighted by Gasteiger charge is 2.27. The Balaban J connectivity index is 1.66. The van der Waals surface area contributed by atoms with Crippen LogP contribution in [0.4, 0.5) is 11.5 Å². The first-order valence-electron chi connectivity index (χ1n) is 7.60. The number of hydrogen-bond donors (Lipinski definition) is 2. The minimum Gasteiger partial charge on any atom is -0.369 e. The van der Waals surface area contributed by atoms with Gasteiger partial charge in [0.05, 0.1) is 11.5 Å². The van der Waals surface area contributed by atoms with E-state index in [0.717, 1.165) is 18.8 Å². The first-order valence-corrected chi connectivity index (χ1v) is 7.98. The van der Waals surface area contributed by atoms with Gasteiger partial charge in [0.25, 0.3) is 5.91 Å². The maximum Gasteiger partial charge on any atom is 0.257 e. The molecule has 0 bridgehead atoms. The molecule has 1 aromatic heterocycles. The van der Waals surface area contributed by atoms with Gasteiger partial charge >= 0.3 is 0 Å². The Hall–Kier alpha value is -2.60. The predicted molar refractivity (Wildman–Crippen MR) is 93.2 cm³/mol. The van der Waals surface area contributed by atoms with Crippen LogP contribution in [0.15, 0.2) is 42.6 Å². The molecule has 0 aliphatic carbocycles. The average molecular weight is 345 g/mol. The number of rotatable bonds is 4. The summed E-state index contributed by atoms with van der Waals surface area (Å²) in [6, 6.07) is 10.4. The van der Waals surface area contributed by atoms with E-state index in [2.05, 4.69) is 10.3 Å². The number of amides is 2. The maximum absolute atomic E-state index is 12.2.